The van der Waals surface area contributed by atoms with Crippen molar-refractivity contribution in [3.8, 4) is 11.5 Å². The summed E-state index contributed by atoms with van der Waals surface area (Å²) in [4.78, 5) is 11.0. The third-order valence-electron chi connectivity index (χ3n) is 1.68. The largest absolute Gasteiger partial charge is 0.492 e. The fourth-order valence-electron chi connectivity index (χ4n) is 1.09. The molecule has 5 heteroatoms. The molecule has 0 aliphatic rings. The van der Waals surface area contributed by atoms with Crippen molar-refractivity contribution < 1.29 is 14.3 Å². The van der Waals surface area contributed by atoms with Gasteiger partial charge in [0.1, 0.15) is 0 Å². The lowest BCUT2D eigenvalue weighted by Gasteiger charge is -2.11. The molecule has 0 fully saturated rings. The number of carbonyl (C=O) groups excluding carboxylic acids is 1. The number of rotatable bonds is 3. The molecule has 76 valence electrons. The van der Waals surface area contributed by atoms with Crippen molar-refractivity contribution in [2.24, 2.45) is 0 Å². The van der Waals surface area contributed by atoms with Gasteiger partial charge in [0.25, 0.3) is 5.24 Å². The third-order valence-corrected chi connectivity index (χ3v) is 2.19. The van der Waals surface area contributed by atoms with Crippen LogP contribution in [0.2, 0.25) is 5.02 Å². The topological polar surface area (TPSA) is 35.5 Å². The first-order valence-corrected chi connectivity index (χ1v) is 4.47. The van der Waals surface area contributed by atoms with Crippen molar-refractivity contribution >= 4 is 28.4 Å². The van der Waals surface area contributed by atoms with Crippen LogP contribution in [0.4, 0.5) is 0 Å². The summed E-state index contributed by atoms with van der Waals surface area (Å²) in [6.07, 6.45) is 0. The number of hydrogen-bond acceptors (Lipinski definition) is 3. The Kier molecular flexibility index (Phi) is 3.61. The molecule has 1 aromatic rings. The molecule has 0 saturated heterocycles. The zero-order valence-electron chi connectivity index (χ0n) is 7.64. The van der Waals surface area contributed by atoms with Crippen LogP contribution in [0.5, 0.6) is 11.5 Å². The highest BCUT2D eigenvalue weighted by molar-refractivity contribution is 6.68. The van der Waals surface area contributed by atoms with Gasteiger partial charge >= 0.3 is 0 Å². The van der Waals surface area contributed by atoms with E-state index in [0.717, 1.165) is 0 Å². The number of halogens is 2. The van der Waals surface area contributed by atoms with Crippen LogP contribution in [-0.2, 0) is 0 Å². The molecule has 0 aliphatic heterocycles. The van der Waals surface area contributed by atoms with Gasteiger partial charge in [-0.3, -0.25) is 4.79 Å². The lowest BCUT2D eigenvalue weighted by Crippen LogP contribution is -1.98. The zero-order chi connectivity index (χ0) is 10.7. The molecule has 0 unspecified atom stereocenters. The summed E-state index contributed by atoms with van der Waals surface area (Å²) in [6, 6.07) is 3.01. The molecule has 14 heavy (non-hydrogen) atoms. The van der Waals surface area contributed by atoms with Crippen molar-refractivity contribution in [1.82, 2.24) is 0 Å². The van der Waals surface area contributed by atoms with Gasteiger partial charge in [-0.1, -0.05) is 11.6 Å². The van der Waals surface area contributed by atoms with Gasteiger partial charge in [0.15, 0.2) is 11.5 Å². The minimum atomic E-state index is -0.614. The summed E-state index contributed by atoms with van der Waals surface area (Å²) < 4.78 is 9.98. The molecule has 1 aromatic carbocycles. The van der Waals surface area contributed by atoms with Gasteiger partial charge < -0.3 is 9.47 Å². The fraction of sp³-hybridized carbons (Fsp3) is 0.222. The van der Waals surface area contributed by atoms with Crippen molar-refractivity contribution in [3.05, 3.63) is 22.7 Å². The maximum atomic E-state index is 11.0. The van der Waals surface area contributed by atoms with Crippen LogP contribution in [0.15, 0.2) is 12.1 Å². The van der Waals surface area contributed by atoms with Crippen molar-refractivity contribution in [1.29, 1.82) is 0 Å². The van der Waals surface area contributed by atoms with E-state index in [4.69, 9.17) is 32.7 Å². The average molecular weight is 235 g/mol. The molecule has 0 saturated carbocycles. The fourth-order valence-corrected chi connectivity index (χ4v) is 1.46. The predicted octanol–water partition coefficient (Wildman–Crippen LogP) is 2.74. The Balaban J connectivity index is 3.40. The summed E-state index contributed by atoms with van der Waals surface area (Å²) in [5.41, 5.74) is 0.232. The van der Waals surface area contributed by atoms with Gasteiger partial charge in [0.05, 0.1) is 24.8 Å². The van der Waals surface area contributed by atoms with Gasteiger partial charge in [-0.25, -0.2) is 0 Å². The van der Waals surface area contributed by atoms with Crippen LogP contribution in [-0.4, -0.2) is 19.5 Å². The quantitative estimate of drug-likeness (QED) is 0.755. The van der Waals surface area contributed by atoms with E-state index in [1.54, 1.807) is 0 Å². The van der Waals surface area contributed by atoms with Crippen LogP contribution in [0, 0.1) is 0 Å². The first kappa shape index (κ1) is 11.1. The molecule has 0 spiro atoms. The smallest absolute Gasteiger partial charge is 0.256 e. The van der Waals surface area contributed by atoms with Gasteiger partial charge in [-0.2, -0.15) is 0 Å². The Bertz CT molecular complexity index is 363. The molecular weight excluding hydrogens is 227 g/mol. The second-order valence-electron chi connectivity index (χ2n) is 2.44. The standard InChI is InChI=1S/C9H8Cl2O3/c1-13-7-5(9(11)12)3-4-6(10)8(7)14-2/h3-4H,1-2H3. The monoisotopic (exact) mass is 234 g/mol. The molecule has 3 nitrogen and oxygen atoms in total. The number of methoxy groups -OCH3 is 2. The molecule has 0 atom stereocenters. The molecule has 0 amide bonds. The first-order valence-electron chi connectivity index (χ1n) is 3.72. The number of ether oxygens (including phenoxy) is 2. The van der Waals surface area contributed by atoms with Crippen LogP contribution >= 0.6 is 23.2 Å². The van der Waals surface area contributed by atoms with E-state index in [-0.39, 0.29) is 11.3 Å². The van der Waals surface area contributed by atoms with Crippen molar-refractivity contribution in [2.75, 3.05) is 14.2 Å². The summed E-state index contributed by atoms with van der Waals surface area (Å²) in [6.45, 7) is 0. The summed E-state index contributed by atoms with van der Waals surface area (Å²) in [5.74, 6) is 0.556. The van der Waals surface area contributed by atoms with Gasteiger partial charge in [-0.15, -0.1) is 0 Å². The average Bonchev–Trinajstić information content (AvgIpc) is 2.16. The molecular formula is C9H8Cl2O3. The van der Waals surface area contributed by atoms with Crippen molar-refractivity contribution in [2.45, 2.75) is 0 Å². The van der Waals surface area contributed by atoms with Gasteiger partial charge in [0.2, 0.25) is 0 Å². The van der Waals surface area contributed by atoms with E-state index in [0.29, 0.717) is 10.8 Å². The Morgan fingerprint density at radius 1 is 1.21 bits per heavy atom. The van der Waals surface area contributed by atoms with E-state index < -0.39 is 5.24 Å². The summed E-state index contributed by atoms with van der Waals surface area (Å²) >= 11 is 11.2. The van der Waals surface area contributed by atoms with E-state index >= 15 is 0 Å². The highest BCUT2D eigenvalue weighted by Gasteiger charge is 2.17. The Hall–Kier alpha value is -0.930. The van der Waals surface area contributed by atoms with E-state index in [1.807, 2.05) is 0 Å². The van der Waals surface area contributed by atoms with Crippen LogP contribution in [0.3, 0.4) is 0 Å². The molecule has 0 bridgehead atoms. The zero-order valence-corrected chi connectivity index (χ0v) is 9.15. The van der Waals surface area contributed by atoms with Gasteiger partial charge in [-0.05, 0) is 23.7 Å². The minimum absolute atomic E-state index is 0.232. The second-order valence-corrected chi connectivity index (χ2v) is 3.19. The molecule has 0 aromatic heterocycles. The maximum absolute atomic E-state index is 11.0. The molecule has 0 aliphatic carbocycles. The van der Waals surface area contributed by atoms with Crippen LogP contribution in [0.25, 0.3) is 0 Å². The summed E-state index contributed by atoms with van der Waals surface area (Å²) in [5, 5.41) is -0.247. The van der Waals surface area contributed by atoms with E-state index in [2.05, 4.69) is 0 Å². The molecule has 0 N–H and O–H groups in total. The highest BCUT2D eigenvalue weighted by Crippen LogP contribution is 2.38. The Morgan fingerprint density at radius 2 is 1.79 bits per heavy atom. The van der Waals surface area contributed by atoms with E-state index in [9.17, 15) is 4.79 Å². The molecule has 0 radical (unpaired) electrons. The van der Waals surface area contributed by atoms with Crippen molar-refractivity contribution in [3.63, 3.8) is 0 Å². The van der Waals surface area contributed by atoms with Gasteiger partial charge in [0, 0.05) is 0 Å². The normalized spacial score (nSPS) is 9.71. The third kappa shape index (κ3) is 1.94. The summed E-state index contributed by atoms with van der Waals surface area (Å²) in [7, 11) is 2.85. The Labute approximate surface area is 91.5 Å². The maximum Gasteiger partial charge on any atom is 0.256 e. The van der Waals surface area contributed by atoms with Crippen LogP contribution in [0.1, 0.15) is 10.4 Å². The molecule has 0 heterocycles. The predicted molar refractivity (Wildman–Crippen MR) is 54.7 cm³/mol. The lowest BCUT2D eigenvalue weighted by atomic mass is 10.2. The number of benzene rings is 1. The lowest BCUT2D eigenvalue weighted by molar-refractivity contribution is 0.107. The number of carbonyl (C=O) groups is 1. The Morgan fingerprint density at radius 3 is 2.21 bits per heavy atom. The van der Waals surface area contributed by atoms with E-state index in [1.165, 1.54) is 26.4 Å². The molecule has 1 rings (SSSR count). The first-order chi connectivity index (χ1) is 6.61. The minimum Gasteiger partial charge on any atom is -0.492 e. The second kappa shape index (κ2) is 4.53. The highest BCUT2D eigenvalue weighted by atomic mass is 35.5. The number of hydrogen-bond donors (Lipinski definition) is 0. The van der Waals surface area contributed by atoms with Crippen LogP contribution < -0.4 is 9.47 Å². The SMILES string of the molecule is COc1c(Cl)ccc(C(=O)Cl)c1OC.